The van der Waals surface area contributed by atoms with Crippen molar-refractivity contribution in [1.82, 2.24) is 0 Å². The molecule has 1 aliphatic carbocycles. The number of rotatable bonds is 4. The van der Waals surface area contributed by atoms with E-state index in [9.17, 15) is 9.50 Å². The van der Waals surface area contributed by atoms with Crippen LogP contribution in [0, 0.1) is 11.7 Å². The first-order valence-corrected chi connectivity index (χ1v) is 6.19. The van der Waals surface area contributed by atoms with Crippen molar-refractivity contribution in [2.45, 2.75) is 44.6 Å². The van der Waals surface area contributed by atoms with E-state index in [1.807, 2.05) is 0 Å². The van der Waals surface area contributed by atoms with Gasteiger partial charge < -0.3 is 5.11 Å². The van der Waals surface area contributed by atoms with Gasteiger partial charge in [-0.25, -0.2) is 4.39 Å². The lowest BCUT2D eigenvalue weighted by molar-refractivity contribution is 0.157. The quantitative estimate of drug-likeness (QED) is 0.820. The highest BCUT2D eigenvalue weighted by Gasteiger charge is 2.17. The van der Waals surface area contributed by atoms with Crippen LogP contribution in [0.25, 0.3) is 0 Å². The van der Waals surface area contributed by atoms with Gasteiger partial charge in [-0.15, -0.1) is 0 Å². The highest BCUT2D eigenvalue weighted by atomic mass is 19.1. The first-order chi connectivity index (χ1) is 7.75. The molecule has 1 atom stereocenters. The molecule has 0 bridgehead atoms. The summed E-state index contributed by atoms with van der Waals surface area (Å²) < 4.78 is 12.7. The van der Waals surface area contributed by atoms with Crippen molar-refractivity contribution in [2.75, 3.05) is 0 Å². The fourth-order valence-corrected chi connectivity index (χ4v) is 2.54. The summed E-state index contributed by atoms with van der Waals surface area (Å²) in [4.78, 5) is 0. The monoisotopic (exact) mass is 222 g/mol. The van der Waals surface area contributed by atoms with Crippen molar-refractivity contribution in [3.05, 3.63) is 35.6 Å². The van der Waals surface area contributed by atoms with E-state index in [2.05, 4.69) is 0 Å². The molecule has 0 amide bonds. The van der Waals surface area contributed by atoms with E-state index in [-0.39, 0.29) is 5.82 Å². The highest BCUT2D eigenvalue weighted by Crippen LogP contribution is 2.31. The van der Waals surface area contributed by atoms with Gasteiger partial charge in [-0.2, -0.15) is 0 Å². The first kappa shape index (κ1) is 11.6. The first-order valence-electron chi connectivity index (χ1n) is 6.19. The number of benzene rings is 1. The van der Waals surface area contributed by atoms with Crippen LogP contribution in [0.4, 0.5) is 4.39 Å². The summed E-state index contributed by atoms with van der Waals surface area (Å²) in [6, 6.07) is 6.17. The number of aliphatic hydroxyl groups excluding tert-OH is 1. The van der Waals surface area contributed by atoms with Gasteiger partial charge in [-0.1, -0.05) is 37.8 Å². The third-order valence-electron chi connectivity index (χ3n) is 3.58. The normalized spacial score (nSPS) is 18.9. The number of hydrogen-bond acceptors (Lipinski definition) is 1. The van der Waals surface area contributed by atoms with E-state index in [0.29, 0.717) is 0 Å². The van der Waals surface area contributed by atoms with Crippen molar-refractivity contribution >= 4 is 0 Å². The van der Waals surface area contributed by atoms with Gasteiger partial charge in [-0.3, -0.25) is 0 Å². The van der Waals surface area contributed by atoms with Crippen LogP contribution in [0.3, 0.4) is 0 Å². The summed E-state index contributed by atoms with van der Waals surface area (Å²) in [7, 11) is 0. The second-order valence-corrected chi connectivity index (χ2v) is 4.80. The maximum absolute atomic E-state index is 12.7. The molecule has 1 fully saturated rings. The molecule has 0 saturated heterocycles. The van der Waals surface area contributed by atoms with Gasteiger partial charge in [0.25, 0.3) is 0 Å². The molecule has 1 aliphatic rings. The molecule has 0 spiro atoms. The molecule has 0 aromatic heterocycles. The van der Waals surface area contributed by atoms with Gasteiger partial charge >= 0.3 is 0 Å². The SMILES string of the molecule is OC(CCC1CCCC1)c1ccc(F)cc1. The molecular formula is C14H19FO. The molecule has 16 heavy (non-hydrogen) atoms. The third-order valence-corrected chi connectivity index (χ3v) is 3.58. The fourth-order valence-electron chi connectivity index (χ4n) is 2.54. The Morgan fingerprint density at radius 1 is 1.19 bits per heavy atom. The second-order valence-electron chi connectivity index (χ2n) is 4.80. The Morgan fingerprint density at radius 3 is 2.44 bits per heavy atom. The Hall–Kier alpha value is -0.890. The van der Waals surface area contributed by atoms with Gasteiger partial charge in [0.2, 0.25) is 0 Å². The van der Waals surface area contributed by atoms with Crippen molar-refractivity contribution in [3.8, 4) is 0 Å². The van der Waals surface area contributed by atoms with Crippen LogP contribution in [0.5, 0.6) is 0 Å². The molecule has 0 radical (unpaired) electrons. The van der Waals surface area contributed by atoms with E-state index in [1.54, 1.807) is 12.1 Å². The smallest absolute Gasteiger partial charge is 0.123 e. The third kappa shape index (κ3) is 3.05. The minimum Gasteiger partial charge on any atom is -0.388 e. The molecule has 1 aromatic carbocycles. The molecule has 2 heteroatoms. The summed E-state index contributed by atoms with van der Waals surface area (Å²) >= 11 is 0. The molecule has 1 aromatic rings. The van der Waals surface area contributed by atoms with Gasteiger partial charge in [0.15, 0.2) is 0 Å². The summed E-state index contributed by atoms with van der Waals surface area (Å²) in [5.74, 6) is 0.557. The van der Waals surface area contributed by atoms with E-state index in [4.69, 9.17) is 0 Å². The zero-order valence-corrected chi connectivity index (χ0v) is 9.53. The van der Waals surface area contributed by atoms with Gasteiger partial charge in [-0.05, 0) is 36.5 Å². The largest absolute Gasteiger partial charge is 0.388 e. The summed E-state index contributed by atoms with van der Waals surface area (Å²) in [5, 5.41) is 9.95. The van der Waals surface area contributed by atoms with E-state index >= 15 is 0 Å². The number of hydrogen-bond donors (Lipinski definition) is 1. The van der Waals surface area contributed by atoms with E-state index < -0.39 is 6.10 Å². The fraction of sp³-hybridized carbons (Fsp3) is 0.571. The minimum atomic E-state index is -0.429. The highest BCUT2D eigenvalue weighted by molar-refractivity contribution is 5.18. The Kier molecular flexibility index (Phi) is 3.94. The number of halogens is 1. The molecule has 1 unspecified atom stereocenters. The number of aliphatic hydroxyl groups is 1. The van der Waals surface area contributed by atoms with Crippen molar-refractivity contribution < 1.29 is 9.50 Å². The van der Waals surface area contributed by atoms with Gasteiger partial charge in [0.1, 0.15) is 5.82 Å². The van der Waals surface area contributed by atoms with Crippen LogP contribution in [0.15, 0.2) is 24.3 Å². The zero-order valence-electron chi connectivity index (χ0n) is 9.53. The lowest BCUT2D eigenvalue weighted by atomic mass is 9.96. The molecule has 1 saturated carbocycles. The van der Waals surface area contributed by atoms with Crippen molar-refractivity contribution in [2.24, 2.45) is 5.92 Å². The molecule has 1 nitrogen and oxygen atoms in total. The average Bonchev–Trinajstić information content (AvgIpc) is 2.80. The molecule has 2 rings (SSSR count). The molecule has 88 valence electrons. The van der Waals surface area contributed by atoms with Crippen LogP contribution >= 0.6 is 0 Å². The summed E-state index contributed by atoms with van der Waals surface area (Å²) in [5.41, 5.74) is 0.833. The maximum Gasteiger partial charge on any atom is 0.123 e. The molecule has 0 aliphatic heterocycles. The standard InChI is InChI=1S/C14H19FO/c15-13-8-6-12(7-9-13)14(16)10-5-11-3-1-2-4-11/h6-9,11,14,16H,1-5,10H2. The molecule has 0 heterocycles. The maximum atomic E-state index is 12.7. The summed E-state index contributed by atoms with van der Waals surface area (Å²) in [6.45, 7) is 0. The van der Waals surface area contributed by atoms with Gasteiger partial charge in [0, 0.05) is 0 Å². The van der Waals surface area contributed by atoms with Crippen LogP contribution in [-0.4, -0.2) is 5.11 Å². The Morgan fingerprint density at radius 2 is 1.81 bits per heavy atom. The Bertz CT molecular complexity index is 314. The van der Waals surface area contributed by atoms with Crippen LogP contribution in [0.2, 0.25) is 0 Å². The van der Waals surface area contributed by atoms with Crippen LogP contribution in [-0.2, 0) is 0 Å². The predicted octanol–water partition coefficient (Wildman–Crippen LogP) is 3.83. The van der Waals surface area contributed by atoms with Crippen LogP contribution in [0.1, 0.15) is 50.2 Å². The van der Waals surface area contributed by atoms with Crippen molar-refractivity contribution in [3.63, 3.8) is 0 Å². The topological polar surface area (TPSA) is 20.2 Å². The molecular weight excluding hydrogens is 203 g/mol. The Balaban J connectivity index is 1.82. The Labute approximate surface area is 96.3 Å². The van der Waals surface area contributed by atoms with Gasteiger partial charge in [0.05, 0.1) is 6.10 Å². The lowest BCUT2D eigenvalue weighted by Gasteiger charge is -2.14. The van der Waals surface area contributed by atoms with Crippen molar-refractivity contribution in [1.29, 1.82) is 0 Å². The minimum absolute atomic E-state index is 0.244. The lowest BCUT2D eigenvalue weighted by Crippen LogP contribution is -2.01. The average molecular weight is 222 g/mol. The van der Waals surface area contributed by atoms with E-state index in [0.717, 1.165) is 24.3 Å². The summed E-state index contributed by atoms with van der Waals surface area (Å²) in [6.07, 6.45) is 6.79. The van der Waals surface area contributed by atoms with Crippen LogP contribution < -0.4 is 0 Å². The molecule has 1 N–H and O–H groups in total. The van der Waals surface area contributed by atoms with E-state index in [1.165, 1.54) is 37.8 Å². The predicted molar refractivity (Wildman–Crippen MR) is 62.6 cm³/mol. The zero-order chi connectivity index (χ0) is 11.4. The second kappa shape index (κ2) is 5.44.